The summed E-state index contributed by atoms with van der Waals surface area (Å²) in [5.41, 5.74) is 2.56. The van der Waals surface area contributed by atoms with Crippen LogP contribution in [0.4, 0.5) is 11.6 Å². The van der Waals surface area contributed by atoms with Gasteiger partial charge in [-0.25, -0.2) is 15.8 Å². The molecule has 0 bridgehead atoms. The molecule has 0 amide bonds. The van der Waals surface area contributed by atoms with Crippen molar-refractivity contribution in [2.45, 2.75) is 13.0 Å². The van der Waals surface area contributed by atoms with E-state index in [-0.39, 0.29) is 0 Å². The molecule has 0 radical (unpaired) electrons. The third kappa shape index (κ3) is 2.51. The molecule has 1 saturated heterocycles. The number of hydrazine groups is 1. The van der Waals surface area contributed by atoms with E-state index in [1.807, 2.05) is 0 Å². The molecule has 0 saturated carbocycles. The van der Waals surface area contributed by atoms with Gasteiger partial charge >= 0.3 is 0 Å². The van der Waals surface area contributed by atoms with Gasteiger partial charge in [0.25, 0.3) is 0 Å². The Labute approximate surface area is 109 Å². The van der Waals surface area contributed by atoms with Crippen LogP contribution in [0.2, 0.25) is 0 Å². The molecule has 6 nitrogen and oxygen atoms in total. The lowest BCUT2D eigenvalue weighted by Gasteiger charge is -2.39. The van der Waals surface area contributed by atoms with E-state index in [0.29, 0.717) is 11.9 Å². The van der Waals surface area contributed by atoms with E-state index < -0.39 is 0 Å². The number of nitrogens with two attached hydrogens (primary N) is 1. The number of nitrogens with one attached hydrogen (secondary N) is 1. The van der Waals surface area contributed by atoms with Crippen molar-refractivity contribution in [3.05, 3.63) is 10.8 Å². The lowest BCUT2D eigenvalue weighted by molar-refractivity contribution is 0.274. The number of hydrogen-bond donors (Lipinski definition) is 2. The minimum Gasteiger partial charge on any atom is -0.350 e. The molecule has 1 atom stereocenters. The van der Waals surface area contributed by atoms with Gasteiger partial charge in [0.1, 0.15) is 16.6 Å². The molecule has 0 aliphatic carbocycles. The van der Waals surface area contributed by atoms with Gasteiger partial charge in [-0.05, 0) is 29.9 Å². The minimum absolute atomic E-state index is 0.422. The monoisotopic (exact) mass is 300 g/mol. The fraction of sp³-hybridized carbons (Fsp3) is 0.600. The molecule has 0 aromatic carbocycles. The Morgan fingerprint density at radius 1 is 1.47 bits per heavy atom. The van der Waals surface area contributed by atoms with E-state index in [1.165, 1.54) is 6.33 Å². The van der Waals surface area contributed by atoms with E-state index in [2.05, 4.69) is 55.1 Å². The summed E-state index contributed by atoms with van der Waals surface area (Å²) in [5.74, 6) is 6.92. The molecule has 1 aromatic heterocycles. The first-order valence-electron chi connectivity index (χ1n) is 5.55. The first-order valence-corrected chi connectivity index (χ1v) is 6.35. The Bertz CT molecular complexity index is 398. The second kappa shape index (κ2) is 5.16. The molecule has 1 unspecified atom stereocenters. The average Bonchev–Trinajstić information content (AvgIpc) is 2.30. The minimum atomic E-state index is 0.422. The molecule has 1 aromatic rings. The zero-order valence-electron chi connectivity index (χ0n) is 10.0. The highest BCUT2D eigenvalue weighted by Crippen LogP contribution is 2.30. The van der Waals surface area contributed by atoms with Crippen LogP contribution in [0.25, 0.3) is 0 Å². The van der Waals surface area contributed by atoms with Crippen LogP contribution in [0.1, 0.15) is 6.92 Å². The summed E-state index contributed by atoms with van der Waals surface area (Å²) < 4.78 is 0.818. The summed E-state index contributed by atoms with van der Waals surface area (Å²) in [6, 6.07) is 0.422. The summed E-state index contributed by atoms with van der Waals surface area (Å²) >= 11 is 3.50. The van der Waals surface area contributed by atoms with Crippen molar-refractivity contribution < 1.29 is 0 Å². The SMILES string of the molecule is CC1CN(C)CCN1c1ncnc(NN)c1Br. The van der Waals surface area contributed by atoms with Crippen molar-refractivity contribution in [2.75, 3.05) is 37.0 Å². The number of likely N-dealkylation sites (N-methyl/N-ethyl adjacent to an activating group) is 1. The number of aromatic nitrogens is 2. The fourth-order valence-corrected chi connectivity index (χ4v) is 2.66. The molecule has 0 spiro atoms. The summed E-state index contributed by atoms with van der Waals surface area (Å²) in [5, 5.41) is 0. The van der Waals surface area contributed by atoms with Gasteiger partial charge in [-0.15, -0.1) is 0 Å². The molecule has 1 fully saturated rings. The van der Waals surface area contributed by atoms with E-state index in [0.717, 1.165) is 29.9 Å². The molecule has 1 aliphatic rings. The molecular weight excluding hydrogens is 284 g/mol. The summed E-state index contributed by atoms with van der Waals surface area (Å²) in [6.07, 6.45) is 1.53. The van der Waals surface area contributed by atoms with Crippen LogP contribution in [0, 0.1) is 0 Å². The Balaban J connectivity index is 2.28. The van der Waals surface area contributed by atoms with Crippen LogP contribution >= 0.6 is 15.9 Å². The van der Waals surface area contributed by atoms with Gasteiger partial charge in [0.05, 0.1) is 0 Å². The van der Waals surface area contributed by atoms with Crippen LogP contribution < -0.4 is 16.2 Å². The first-order chi connectivity index (χ1) is 8.13. The summed E-state index contributed by atoms with van der Waals surface area (Å²) in [4.78, 5) is 13.0. The fourth-order valence-electron chi connectivity index (χ4n) is 2.12. The predicted octanol–water partition coefficient (Wildman–Crippen LogP) is 0.665. The Hall–Kier alpha value is -0.920. The van der Waals surface area contributed by atoms with Gasteiger partial charge in [-0.3, -0.25) is 0 Å². The molecule has 2 rings (SSSR count). The maximum absolute atomic E-state index is 5.41. The molecule has 17 heavy (non-hydrogen) atoms. The summed E-state index contributed by atoms with van der Waals surface area (Å²) in [6.45, 7) is 5.21. The van der Waals surface area contributed by atoms with Gasteiger partial charge < -0.3 is 15.2 Å². The molecule has 2 heterocycles. The molecule has 1 aliphatic heterocycles. The van der Waals surface area contributed by atoms with E-state index in [9.17, 15) is 0 Å². The number of nitrogen functional groups attached to an aromatic ring is 1. The van der Waals surface area contributed by atoms with Crippen LogP contribution in [0.3, 0.4) is 0 Å². The lowest BCUT2D eigenvalue weighted by atomic mass is 10.2. The number of piperazine rings is 1. The lowest BCUT2D eigenvalue weighted by Crippen LogP contribution is -2.51. The van der Waals surface area contributed by atoms with Crippen molar-refractivity contribution >= 4 is 27.6 Å². The van der Waals surface area contributed by atoms with Crippen LogP contribution in [-0.4, -0.2) is 47.6 Å². The third-order valence-electron chi connectivity index (χ3n) is 3.01. The molecule has 94 valence electrons. The Morgan fingerprint density at radius 3 is 2.88 bits per heavy atom. The third-order valence-corrected chi connectivity index (χ3v) is 3.74. The normalized spacial score (nSPS) is 21.6. The second-order valence-electron chi connectivity index (χ2n) is 4.31. The van der Waals surface area contributed by atoms with Gasteiger partial charge in [0.15, 0.2) is 5.82 Å². The highest BCUT2D eigenvalue weighted by atomic mass is 79.9. The Morgan fingerprint density at radius 2 is 2.24 bits per heavy atom. The zero-order chi connectivity index (χ0) is 12.4. The van der Waals surface area contributed by atoms with Crippen molar-refractivity contribution in [1.82, 2.24) is 14.9 Å². The number of rotatable bonds is 2. The van der Waals surface area contributed by atoms with Crippen molar-refractivity contribution in [1.29, 1.82) is 0 Å². The van der Waals surface area contributed by atoms with Crippen molar-refractivity contribution in [3.63, 3.8) is 0 Å². The smallest absolute Gasteiger partial charge is 0.159 e. The maximum atomic E-state index is 5.41. The molecule has 3 N–H and O–H groups in total. The highest BCUT2D eigenvalue weighted by molar-refractivity contribution is 9.10. The topological polar surface area (TPSA) is 70.3 Å². The van der Waals surface area contributed by atoms with Gasteiger partial charge in [-0.2, -0.15) is 0 Å². The van der Waals surface area contributed by atoms with Gasteiger partial charge in [0, 0.05) is 25.7 Å². The van der Waals surface area contributed by atoms with Crippen molar-refractivity contribution in [3.8, 4) is 0 Å². The van der Waals surface area contributed by atoms with Crippen LogP contribution in [0.5, 0.6) is 0 Å². The number of anilines is 2. The molecule has 7 heteroatoms. The second-order valence-corrected chi connectivity index (χ2v) is 5.10. The number of nitrogens with zero attached hydrogens (tertiary/aromatic N) is 4. The molecular formula is C10H17BrN6. The Kier molecular flexibility index (Phi) is 3.80. The van der Waals surface area contributed by atoms with E-state index in [4.69, 9.17) is 5.84 Å². The highest BCUT2D eigenvalue weighted by Gasteiger charge is 2.25. The predicted molar refractivity (Wildman–Crippen MR) is 71.8 cm³/mol. The van der Waals surface area contributed by atoms with Crippen LogP contribution in [0.15, 0.2) is 10.8 Å². The number of hydrogen-bond acceptors (Lipinski definition) is 6. The number of halogens is 1. The standard InChI is InChI=1S/C10H17BrN6/c1-7-5-16(2)3-4-17(7)10-8(11)9(15-12)13-6-14-10/h6-7H,3-5,12H2,1-2H3,(H,13,14,15). The largest absolute Gasteiger partial charge is 0.350 e. The summed E-state index contributed by atoms with van der Waals surface area (Å²) in [7, 11) is 2.13. The quantitative estimate of drug-likeness (QED) is 0.618. The van der Waals surface area contributed by atoms with E-state index in [1.54, 1.807) is 0 Å². The van der Waals surface area contributed by atoms with Crippen LogP contribution in [-0.2, 0) is 0 Å². The van der Waals surface area contributed by atoms with Crippen molar-refractivity contribution in [2.24, 2.45) is 5.84 Å². The zero-order valence-corrected chi connectivity index (χ0v) is 11.6. The first kappa shape index (κ1) is 12.5. The average molecular weight is 301 g/mol. The van der Waals surface area contributed by atoms with E-state index >= 15 is 0 Å². The maximum Gasteiger partial charge on any atom is 0.159 e. The van der Waals surface area contributed by atoms with Gasteiger partial charge in [-0.1, -0.05) is 0 Å². The van der Waals surface area contributed by atoms with Gasteiger partial charge in [0.2, 0.25) is 0 Å².